The maximum Gasteiger partial charge on any atom is 0.248 e. The van der Waals surface area contributed by atoms with Gasteiger partial charge in [0, 0.05) is 44.8 Å². The molecule has 2 fully saturated rings. The Balaban J connectivity index is 1.52. The van der Waals surface area contributed by atoms with Crippen molar-refractivity contribution in [3.05, 3.63) is 11.7 Å². The highest BCUT2D eigenvalue weighted by Crippen LogP contribution is 2.38. The number of carbonyl (C=O) groups excluding carboxylic acids is 1. The molecule has 1 saturated heterocycles. The van der Waals surface area contributed by atoms with E-state index in [1.165, 1.54) is 0 Å². The molecule has 1 N–H and O–H groups in total. The van der Waals surface area contributed by atoms with Gasteiger partial charge in [-0.15, -0.1) is 0 Å². The van der Waals surface area contributed by atoms with Crippen molar-refractivity contribution >= 4 is 5.91 Å². The number of rotatable bonds is 5. The number of carbonyl (C=O) groups is 1. The minimum atomic E-state index is -2.75. The number of aromatic nitrogens is 2. The fourth-order valence-electron chi connectivity index (χ4n) is 3.45. The number of nitrogens with one attached hydrogen (secondary N) is 1. The van der Waals surface area contributed by atoms with Gasteiger partial charge in [0.2, 0.25) is 17.7 Å². The third kappa shape index (κ3) is 4.06. The van der Waals surface area contributed by atoms with E-state index >= 15 is 0 Å². The van der Waals surface area contributed by atoms with Crippen molar-refractivity contribution in [3.63, 3.8) is 0 Å². The predicted molar refractivity (Wildman–Crippen MR) is 78.0 cm³/mol. The monoisotopic (exact) mass is 346 g/mol. The highest BCUT2D eigenvalue weighted by Gasteiger charge is 2.42. The van der Waals surface area contributed by atoms with Crippen LogP contribution in [0.4, 0.5) is 13.2 Å². The molecule has 1 aromatic heterocycles. The molecular formula is C15H21F3N4O2. The first-order valence-electron chi connectivity index (χ1n) is 8.15. The SMILES string of the molecule is Cc1nc(CN2C[C@@H](F)C[C@H]2CNC(=O)C2CCC(F)(F)C2)no1. The van der Waals surface area contributed by atoms with E-state index < -0.39 is 24.4 Å². The van der Waals surface area contributed by atoms with Crippen molar-refractivity contribution in [1.82, 2.24) is 20.4 Å². The van der Waals surface area contributed by atoms with Crippen molar-refractivity contribution in [3.8, 4) is 0 Å². The Morgan fingerprint density at radius 1 is 1.50 bits per heavy atom. The number of hydrogen-bond acceptors (Lipinski definition) is 5. The summed E-state index contributed by atoms with van der Waals surface area (Å²) >= 11 is 0. The van der Waals surface area contributed by atoms with Crippen LogP contribution in [0.2, 0.25) is 0 Å². The van der Waals surface area contributed by atoms with E-state index in [0.717, 1.165) is 0 Å². The van der Waals surface area contributed by atoms with E-state index in [-0.39, 0.29) is 44.3 Å². The third-order valence-electron chi connectivity index (χ3n) is 4.68. The van der Waals surface area contributed by atoms with Gasteiger partial charge in [-0.2, -0.15) is 4.98 Å². The summed E-state index contributed by atoms with van der Waals surface area (Å²) in [6.07, 6.45) is -1.15. The second-order valence-electron chi connectivity index (χ2n) is 6.69. The molecule has 6 nitrogen and oxygen atoms in total. The molecule has 2 aliphatic rings. The predicted octanol–water partition coefficient (Wildman–Crippen LogP) is 1.84. The summed E-state index contributed by atoms with van der Waals surface area (Å²) in [5, 5.41) is 6.49. The minimum absolute atomic E-state index is 0.196. The Labute approximate surface area is 137 Å². The Morgan fingerprint density at radius 2 is 2.29 bits per heavy atom. The van der Waals surface area contributed by atoms with Crippen LogP contribution in [0.1, 0.15) is 37.4 Å². The number of nitrogens with zero attached hydrogens (tertiary/aromatic N) is 3. The van der Waals surface area contributed by atoms with E-state index in [2.05, 4.69) is 15.5 Å². The van der Waals surface area contributed by atoms with Crippen molar-refractivity contribution in [2.45, 2.75) is 57.3 Å². The van der Waals surface area contributed by atoms with Crippen LogP contribution in [0, 0.1) is 12.8 Å². The van der Waals surface area contributed by atoms with E-state index in [0.29, 0.717) is 18.3 Å². The number of amides is 1. The first-order valence-corrected chi connectivity index (χ1v) is 8.15. The van der Waals surface area contributed by atoms with Gasteiger partial charge in [0.15, 0.2) is 5.82 Å². The molecule has 3 atom stereocenters. The Morgan fingerprint density at radius 3 is 2.92 bits per heavy atom. The molecule has 0 radical (unpaired) electrons. The van der Waals surface area contributed by atoms with Gasteiger partial charge >= 0.3 is 0 Å². The zero-order chi connectivity index (χ0) is 17.3. The highest BCUT2D eigenvalue weighted by molar-refractivity contribution is 5.79. The van der Waals surface area contributed by atoms with Gasteiger partial charge in [0.25, 0.3) is 0 Å². The molecule has 3 rings (SSSR count). The molecular weight excluding hydrogens is 325 g/mol. The molecule has 1 amide bonds. The first kappa shape index (κ1) is 17.2. The largest absolute Gasteiger partial charge is 0.354 e. The maximum absolute atomic E-state index is 13.7. The molecule has 24 heavy (non-hydrogen) atoms. The normalized spacial score (nSPS) is 29.9. The number of halogens is 3. The summed E-state index contributed by atoms with van der Waals surface area (Å²) in [7, 11) is 0. The molecule has 1 unspecified atom stereocenters. The molecule has 0 bridgehead atoms. The van der Waals surface area contributed by atoms with Crippen LogP contribution in [0.5, 0.6) is 0 Å². The lowest BCUT2D eigenvalue weighted by Crippen LogP contribution is -2.41. The molecule has 1 aliphatic carbocycles. The summed E-state index contributed by atoms with van der Waals surface area (Å²) in [6.45, 7) is 2.47. The van der Waals surface area contributed by atoms with Crippen molar-refractivity contribution < 1.29 is 22.5 Å². The average Bonchev–Trinajstić information content (AvgIpc) is 3.17. The Hall–Kier alpha value is -1.64. The average molecular weight is 346 g/mol. The van der Waals surface area contributed by atoms with Crippen LogP contribution in [0.15, 0.2) is 4.52 Å². The molecule has 134 valence electrons. The fourth-order valence-corrected chi connectivity index (χ4v) is 3.45. The maximum atomic E-state index is 13.7. The second-order valence-corrected chi connectivity index (χ2v) is 6.69. The number of alkyl halides is 3. The summed E-state index contributed by atoms with van der Waals surface area (Å²) in [4.78, 5) is 18.0. The highest BCUT2D eigenvalue weighted by atomic mass is 19.3. The Kier molecular flexibility index (Phi) is 4.80. The zero-order valence-electron chi connectivity index (χ0n) is 13.5. The topological polar surface area (TPSA) is 71.3 Å². The lowest BCUT2D eigenvalue weighted by molar-refractivity contribution is -0.126. The van der Waals surface area contributed by atoms with E-state index in [1.807, 2.05) is 4.90 Å². The van der Waals surface area contributed by atoms with Gasteiger partial charge in [-0.05, 0) is 12.8 Å². The van der Waals surface area contributed by atoms with Crippen LogP contribution in [-0.2, 0) is 11.3 Å². The smallest absolute Gasteiger partial charge is 0.248 e. The van der Waals surface area contributed by atoms with E-state index in [1.54, 1.807) is 6.92 Å². The zero-order valence-corrected chi connectivity index (χ0v) is 13.5. The summed E-state index contributed by atoms with van der Waals surface area (Å²) in [6, 6.07) is -0.204. The van der Waals surface area contributed by atoms with Gasteiger partial charge in [0.05, 0.1) is 6.54 Å². The summed E-state index contributed by atoms with van der Waals surface area (Å²) in [5.41, 5.74) is 0. The molecule has 9 heteroatoms. The molecule has 1 aromatic rings. The molecule has 1 aliphatic heterocycles. The lowest BCUT2D eigenvalue weighted by atomic mass is 10.1. The van der Waals surface area contributed by atoms with E-state index in [9.17, 15) is 18.0 Å². The third-order valence-corrected chi connectivity index (χ3v) is 4.68. The van der Waals surface area contributed by atoms with Gasteiger partial charge in [-0.3, -0.25) is 9.69 Å². The van der Waals surface area contributed by atoms with Gasteiger partial charge in [-0.25, -0.2) is 13.2 Å². The first-order chi connectivity index (χ1) is 11.3. The molecule has 0 aromatic carbocycles. The number of aryl methyl sites for hydroxylation is 1. The van der Waals surface area contributed by atoms with Crippen molar-refractivity contribution in [2.75, 3.05) is 13.1 Å². The van der Waals surface area contributed by atoms with Gasteiger partial charge in [-0.1, -0.05) is 5.16 Å². The number of likely N-dealkylation sites (tertiary alicyclic amines) is 1. The molecule has 1 saturated carbocycles. The van der Waals surface area contributed by atoms with Crippen LogP contribution in [0.25, 0.3) is 0 Å². The standard InChI is InChI=1S/C15H21F3N4O2/c1-9-20-13(21-24-9)8-22-7-11(16)4-12(22)6-19-14(23)10-2-3-15(17,18)5-10/h10-12H,2-8H2,1H3,(H,19,23)/t10?,11-,12-/m0/s1. The van der Waals surface area contributed by atoms with Crippen molar-refractivity contribution in [1.29, 1.82) is 0 Å². The summed E-state index contributed by atoms with van der Waals surface area (Å²) in [5.74, 6) is -2.87. The van der Waals surface area contributed by atoms with Crippen LogP contribution >= 0.6 is 0 Å². The minimum Gasteiger partial charge on any atom is -0.354 e. The molecule has 0 spiro atoms. The summed E-state index contributed by atoms with van der Waals surface area (Å²) < 4.78 is 45.0. The van der Waals surface area contributed by atoms with Gasteiger partial charge in [0.1, 0.15) is 6.17 Å². The van der Waals surface area contributed by atoms with Crippen LogP contribution in [0.3, 0.4) is 0 Å². The lowest BCUT2D eigenvalue weighted by Gasteiger charge is -2.23. The van der Waals surface area contributed by atoms with Crippen molar-refractivity contribution in [2.24, 2.45) is 5.92 Å². The molecule has 2 heterocycles. The quantitative estimate of drug-likeness (QED) is 0.881. The fraction of sp³-hybridized carbons (Fsp3) is 0.800. The van der Waals surface area contributed by atoms with E-state index in [4.69, 9.17) is 4.52 Å². The Bertz CT molecular complexity index is 595. The van der Waals surface area contributed by atoms with Crippen LogP contribution in [-0.4, -0.2) is 52.2 Å². The van der Waals surface area contributed by atoms with Gasteiger partial charge < -0.3 is 9.84 Å². The number of hydrogen-bond donors (Lipinski definition) is 1. The second kappa shape index (κ2) is 6.70. The van der Waals surface area contributed by atoms with Crippen LogP contribution < -0.4 is 5.32 Å².